The molecule has 1 N–H and O–H groups in total. The molecule has 1 atom stereocenters. The summed E-state index contributed by atoms with van der Waals surface area (Å²) in [4.78, 5) is 0. The van der Waals surface area contributed by atoms with Crippen molar-refractivity contribution in [2.24, 2.45) is 5.41 Å². The molecule has 0 bridgehead atoms. The molecule has 0 saturated carbocycles. The fraction of sp³-hybridized carbons (Fsp3) is 0.500. The molecule has 0 saturated heterocycles. The summed E-state index contributed by atoms with van der Waals surface area (Å²) in [5.74, 6) is 0. The molecule has 1 aliphatic carbocycles. The van der Waals surface area contributed by atoms with Crippen LogP contribution in [0.5, 0.6) is 0 Å². The van der Waals surface area contributed by atoms with Crippen molar-refractivity contribution in [2.45, 2.75) is 59.5 Å². The van der Waals surface area contributed by atoms with Gasteiger partial charge in [0.2, 0.25) is 0 Å². The van der Waals surface area contributed by atoms with Crippen molar-refractivity contribution in [3.05, 3.63) is 59.2 Å². The smallest absolute Gasteiger partial charge is 0.0227 e. The number of benzene rings is 1. The van der Waals surface area contributed by atoms with Crippen molar-refractivity contribution in [2.75, 3.05) is 0 Å². The Balaban J connectivity index is 1.94. The second kappa shape index (κ2) is 7.09. The molecule has 1 heteroatoms. The molecule has 2 rings (SSSR count). The highest BCUT2D eigenvalue weighted by atomic mass is 14.9. The van der Waals surface area contributed by atoms with Crippen LogP contribution in [0.2, 0.25) is 0 Å². The fourth-order valence-corrected chi connectivity index (χ4v) is 3.19. The zero-order valence-electron chi connectivity index (χ0n) is 13.9. The van der Waals surface area contributed by atoms with Crippen LogP contribution < -0.4 is 5.32 Å². The standard InChI is InChI=1S/C20H29N/c1-16-9-8-14-20(3,4)19(16)13-12-17(2)21-15-18-10-6-5-7-11-18/h5-7,10-13,17,21H,8-9,14-15H2,1-4H3/b13-12+. The fourth-order valence-electron chi connectivity index (χ4n) is 3.19. The minimum Gasteiger partial charge on any atom is -0.307 e. The summed E-state index contributed by atoms with van der Waals surface area (Å²) in [6.07, 6.45) is 8.56. The lowest BCUT2D eigenvalue weighted by atomic mass is 9.72. The summed E-state index contributed by atoms with van der Waals surface area (Å²) >= 11 is 0. The van der Waals surface area contributed by atoms with Gasteiger partial charge in [-0.3, -0.25) is 0 Å². The average Bonchev–Trinajstić information content (AvgIpc) is 2.45. The van der Waals surface area contributed by atoms with E-state index in [1.54, 1.807) is 11.1 Å². The molecular formula is C20H29N. The quantitative estimate of drug-likeness (QED) is 0.778. The third-order valence-electron chi connectivity index (χ3n) is 4.57. The van der Waals surface area contributed by atoms with Gasteiger partial charge in [-0.05, 0) is 49.7 Å². The molecule has 0 spiro atoms. The Morgan fingerprint density at radius 1 is 1.24 bits per heavy atom. The molecule has 1 nitrogen and oxygen atoms in total. The maximum absolute atomic E-state index is 3.57. The van der Waals surface area contributed by atoms with Crippen LogP contribution >= 0.6 is 0 Å². The molecule has 0 heterocycles. The van der Waals surface area contributed by atoms with Gasteiger partial charge >= 0.3 is 0 Å². The van der Waals surface area contributed by atoms with E-state index in [1.807, 2.05) is 0 Å². The SMILES string of the molecule is CC1=C(/C=C/C(C)NCc2ccccc2)C(C)(C)CCC1. The van der Waals surface area contributed by atoms with E-state index in [-0.39, 0.29) is 0 Å². The molecule has 1 unspecified atom stereocenters. The predicted octanol–water partition coefficient (Wildman–Crippen LogP) is 5.25. The minimum atomic E-state index is 0.331. The number of allylic oxidation sites excluding steroid dienone is 3. The first-order valence-corrected chi connectivity index (χ1v) is 8.15. The summed E-state index contributed by atoms with van der Waals surface area (Å²) in [6.45, 7) is 10.2. The molecule has 0 amide bonds. The maximum atomic E-state index is 3.57. The number of hydrogen-bond acceptors (Lipinski definition) is 1. The van der Waals surface area contributed by atoms with Crippen LogP contribution in [0.25, 0.3) is 0 Å². The van der Waals surface area contributed by atoms with Gasteiger partial charge in [-0.15, -0.1) is 0 Å². The van der Waals surface area contributed by atoms with E-state index in [0.717, 1.165) is 6.54 Å². The van der Waals surface area contributed by atoms with Crippen LogP contribution in [-0.2, 0) is 6.54 Å². The largest absolute Gasteiger partial charge is 0.307 e. The zero-order chi connectivity index (χ0) is 15.3. The molecule has 0 aromatic heterocycles. The first kappa shape index (κ1) is 16.0. The Hall–Kier alpha value is -1.34. The Kier molecular flexibility index (Phi) is 5.41. The van der Waals surface area contributed by atoms with Crippen molar-refractivity contribution in [3.63, 3.8) is 0 Å². The van der Waals surface area contributed by atoms with Crippen molar-refractivity contribution < 1.29 is 0 Å². The van der Waals surface area contributed by atoms with Gasteiger partial charge in [0.15, 0.2) is 0 Å². The number of rotatable bonds is 5. The van der Waals surface area contributed by atoms with Gasteiger partial charge < -0.3 is 5.32 Å². The lowest BCUT2D eigenvalue weighted by Gasteiger charge is -2.33. The van der Waals surface area contributed by atoms with E-state index in [4.69, 9.17) is 0 Å². The summed E-state index contributed by atoms with van der Waals surface area (Å²) in [7, 11) is 0. The minimum absolute atomic E-state index is 0.331. The van der Waals surface area contributed by atoms with E-state index in [2.05, 4.69) is 75.5 Å². The number of nitrogens with one attached hydrogen (secondary N) is 1. The van der Waals surface area contributed by atoms with E-state index < -0.39 is 0 Å². The van der Waals surface area contributed by atoms with E-state index in [0.29, 0.717) is 11.5 Å². The van der Waals surface area contributed by atoms with Crippen molar-refractivity contribution in [1.29, 1.82) is 0 Å². The number of hydrogen-bond donors (Lipinski definition) is 1. The van der Waals surface area contributed by atoms with Gasteiger partial charge in [0.1, 0.15) is 0 Å². The summed E-state index contributed by atoms with van der Waals surface area (Å²) in [5, 5.41) is 3.57. The van der Waals surface area contributed by atoms with E-state index in [1.165, 1.54) is 24.8 Å². The van der Waals surface area contributed by atoms with Crippen LogP contribution in [0.4, 0.5) is 0 Å². The van der Waals surface area contributed by atoms with Gasteiger partial charge in [0, 0.05) is 12.6 Å². The highest BCUT2D eigenvalue weighted by Crippen LogP contribution is 2.40. The van der Waals surface area contributed by atoms with Gasteiger partial charge in [0.25, 0.3) is 0 Å². The topological polar surface area (TPSA) is 12.0 Å². The summed E-state index contributed by atoms with van der Waals surface area (Å²) in [6, 6.07) is 11.0. The van der Waals surface area contributed by atoms with E-state index in [9.17, 15) is 0 Å². The predicted molar refractivity (Wildman–Crippen MR) is 92.2 cm³/mol. The first-order chi connectivity index (χ1) is 9.99. The normalized spacial score (nSPS) is 20.0. The monoisotopic (exact) mass is 283 g/mol. The third-order valence-corrected chi connectivity index (χ3v) is 4.57. The van der Waals surface area contributed by atoms with Gasteiger partial charge in [-0.1, -0.05) is 61.9 Å². The molecule has 0 fully saturated rings. The van der Waals surface area contributed by atoms with Gasteiger partial charge in [-0.25, -0.2) is 0 Å². The lowest BCUT2D eigenvalue weighted by Crippen LogP contribution is -2.24. The van der Waals surface area contributed by atoms with Gasteiger partial charge in [0.05, 0.1) is 0 Å². The highest BCUT2D eigenvalue weighted by Gasteiger charge is 2.26. The Bertz CT molecular complexity index is 508. The van der Waals surface area contributed by atoms with Crippen LogP contribution in [0.1, 0.15) is 52.5 Å². The maximum Gasteiger partial charge on any atom is 0.0227 e. The third kappa shape index (κ3) is 4.57. The molecule has 1 aliphatic rings. The second-order valence-corrected chi connectivity index (χ2v) is 6.95. The highest BCUT2D eigenvalue weighted by molar-refractivity contribution is 5.33. The summed E-state index contributed by atoms with van der Waals surface area (Å²) in [5.41, 5.74) is 4.78. The lowest BCUT2D eigenvalue weighted by molar-refractivity contribution is 0.376. The Morgan fingerprint density at radius 3 is 2.62 bits per heavy atom. The van der Waals surface area contributed by atoms with E-state index >= 15 is 0 Å². The molecule has 1 aromatic carbocycles. The molecule has 1 aromatic rings. The van der Waals surface area contributed by atoms with Crippen molar-refractivity contribution >= 4 is 0 Å². The zero-order valence-corrected chi connectivity index (χ0v) is 13.9. The molecule has 0 radical (unpaired) electrons. The van der Waals surface area contributed by atoms with Crippen LogP contribution in [0.15, 0.2) is 53.6 Å². The van der Waals surface area contributed by atoms with Crippen LogP contribution in [0, 0.1) is 5.41 Å². The second-order valence-electron chi connectivity index (χ2n) is 6.95. The Labute approximate surface area is 130 Å². The van der Waals surface area contributed by atoms with Crippen molar-refractivity contribution in [3.8, 4) is 0 Å². The van der Waals surface area contributed by atoms with Crippen LogP contribution in [0.3, 0.4) is 0 Å². The molecule has 0 aliphatic heterocycles. The molecular weight excluding hydrogens is 254 g/mol. The summed E-state index contributed by atoms with van der Waals surface area (Å²) < 4.78 is 0. The van der Waals surface area contributed by atoms with Crippen LogP contribution in [-0.4, -0.2) is 6.04 Å². The molecule has 21 heavy (non-hydrogen) atoms. The molecule has 114 valence electrons. The van der Waals surface area contributed by atoms with Gasteiger partial charge in [-0.2, -0.15) is 0 Å². The average molecular weight is 283 g/mol. The first-order valence-electron chi connectivity index (χ1n) is 8.15. The Morgan fingerprint density at radius 2 is 1.95 bits per heavy atom. The van der Waals surface area contributed by atoms with Crippen molar-refractivity contribution in [1.82, 2.24) is 5.32 Å².